The predicted octanol–water partition coefficient (Wildman–Crippen LogP) is 3.36. The van der Waals surface area contributed by atoms with E-state index < -0.39 is 0 Å². The molecule has 0 aliphatic carbocycles. The molecule has 0 N–H and O–H groups in total. The van der Waals surface area contributed by atoms with Crippen molar-refractivity contribution in [1.29, 1.82) is 0 Å². The Morgan fingerprint density at radius 1 is 1.18 bits per heavy atom. The van der Waals surface area contributed by atoms with E-state index in [0.717, 1.165) is 48.5 Å². The molecule has 3 heterocycles. The number of fused-ring (bicyclic) bond motifs is 1. The van der Waals surface area contributed by atoms with Crippen molar-refractivity contribution >= 4 is 11.4 Å². The van der Waals surface area contributed by atoms with Crippen LogP contribution in [-0.4, -0.2) is 47.7 Å². The molecule has 1 aromatic carbocycles. The van der Waals surface area contributed by atoms with Gasteiger partial charge in [0.05, 0.1) is 31.5 Å². The molecule has 146 valence electrons. The Labute approximate surface area is 164 Å². The van der Waals surface area contributed by atoms with Crippen molar-refractivity contribution in [3.8, 4) is 11.5 Å². The van der Waals surface area contributed by atoms with Gasteiger partial charge in [-0.15, -0.1) is 0 Å². The highest BCUT2D eigenvalue weighted by molar-refractivity contribution is 6.00. The molecule has 3 aromatic rings. The topological polar surface area (TPSA) is 56.1 Å². The number of pyridine rings is 1. The molecule has 2 aromatic heterocycles. The van der Waals surface area contributed by atoms with Crippen LogP contribution in [0.4, 0.5) is 0 Å². The van der Waals surface area contributed by atoms with Crippen LogP contribution in [0.15, 0.2) is 42.7 Å². The minimum atomic E-state index is 0.0636. The Bertz CT molecular complexity index is 1010. The van der Waals surface area contributed by atoms with Gasteiger partial charge in [-0.1, -0.05) is 12.1 Å². The second-order valence-electron chi connectivity index (χ2n) is 7.39. The molecule has 0 saturated carbocycles. The third-order valence-electron chi connectivity index (χ3n) is 5.44. The van der Waals surface area contributed by atoms with Crippen LogP contribution in [0.2, 0.25) is 0 Å². The zero-order valence-electron chi connectivity index (χ0n) is 16.5. The van der Waals surface area contributed by atoms with E-state index in [2.05, 4.69) is 11.2 Å². The van der Waals surface area contributed by atoms with E-state index in [1.807, 2.05) is 42.3 Å². The first kappa shape index (κ1) is 18.3. The van der Waals surface area contributed by atoms with Crippen molar-refractivity contribution in [2.24, 2.45) is 5.92 Å². The Morgan fingerprint density at radius 3 is 2.79 bits per heavy atom. The summed E-state index contributed by atoms with van der Waals surface area (Å²) in [4.78, 5) is 15.0. The highest BCUT2D eigenvalue weighted by atomic mass is 16.5. The van der Waals surface area contributed by atoms with Crippen LogP contribution in [-0.2, 0) is 6.42 Å². The van der Waals surface area contributed by atoms with E-state index in [1.165, 1.54) is 5.56 Å². The number of hydrogen-bond donors (Lipinski definition) is 0. The second kappa shape index (κ2) is 7.54. The van der Waals surface area contributed by atoms with Crippen molar-refractivity contribution in [1.82, 2.24) is 14.5 Å². The van der Waals surface area contributed by atoms with Crippen LogP contribution in [0, 0.1) is 12.8 Å². The maximum Gasteiger partial charge on any atom is 0.257 e. The number of ether oxygens (including phenoxy) is 2. The van der Waals surface area contributed by atoms with Gasteiger partial charge in [0.25, 0.3) is 5.91 Å². The van der Waals surface area contributed by atoms with Crippen LogP contribution < -0.4 is 9.47 Å². The second-order valence-corrected chi connectivity index (χ2v) is 7.39. The fraction of sp³-hybridized carbons (Fsp3) is 0.364. The largest absolute Gasteiger partial charge is 0.493 e. The molecule has 1 atom stereocenters. The van der Waals surface area contributed by atoms with E-state index in [0.29, 0.717) is 11.5 Å². The van der Waals surface area contributed by atoms with Crippen LogP contribution in [0.5, 0.6) is 11.5 Å². The Balaban J connectivity index is 1.45. The SMILES string of the molecule is COc1ccc(CC2CCN(C(=O)c3cnn4cc(C)ccc34)C2)cc1OC. The Hall–Kier alpha value is -3.02. The molecule has 6 heteroatoms. The van der Waals surface area contributed by atoms with Crippen molar-refractivity contribution in [3.63, 3.8) is 0 Å². The van der Waals surface area contributed by atoms with Crippen LogP contribution >= 0.6 is 0 Å². The number of amides is 1. The number of carbonyl (C=O) groups excluding carboxylic acids is 1. The predicted molar refractivity (Wildman–Crippen MR) is 107 cm³/mol. The molecule has 1 aliphatic heterocycles. The first-order chi connectivity index (χ1) is 13.6. The zero-order chi connectivity index (χ0) is 19.7. The third-order valence-corrected chi connectivity index (χ3v) is 5.44. The average molecular weight is 379 g/mol. The van der Waals surface area contributed by atoms with Crippen molar-refractivity contribution < 1.29 is 14.3 Å². The minimum Gasteiger partial charge on any atom is -0.493 e. The van der Waals surface area contributed by atoms with Gasteiger partial charge in [0, 0.05) is 19.3 Å². The normalized spacial score (nSPS) is 16.5. The maximum absolute atomic E-state index is 13.0. The summed E-state index contributed by atoms with van der Waals surface area (Å²) < 4.78 is 12.5. The van der Waals surface area contributed by atoms with Crippen LogP contribution in [0.3, 0.4) is 0 Å². The first-order valence-corrected chi connectivity index (χ1v) is 9.53. The lowest BCUT2D eigenvalue weighted by Crippen LogP contribution is -2.28. The van der Waals surface area contributed by atoms with Gasteiger partial charge in [-0.05, 0) is 55.0 Å². The van der Waals surface area contributed by atoms with Gasteiger partial charge in [-0.2, -0.15) is 5.10 Å². The molecule has 6 nitrogen and oxygen atoms in total. The van der Waals surface area contributed by atoms with E-state index in [1.54, 1.807) is 24.9 Å². The van der Waals surface area contributed by atoms with Gasteiger partial charge in [-0.25, -0.2) is 4.52 Å². The number of aryl methyl sites for hydroxylation is 1. The molecule has 1 fully saturated rings. The summed E-state index contributed by atoms with van der Waals surface area (Å²) in [6.45, 7) is 3.55. The van der Waals surface area contributed by atoms with E-state index in [-0.39, 0.29) is 5.91 Å². The Morgan fingerprint density at radius 2 is 2.00 bits per heavy atom. The number of nitrogens with zero attached hydrogens (tertiary/aromatic N) is 3. The minimum absolute atomic E-state index is 0.0636. The number of likely N-dealkylation sites (tertiary alicyclic amines) is 1. The smallest absolute Gasteiger partial charge is 0.257 e. The standard InChI is InChI=1S/C22H25N3O3/c1-15-4-6-19-18(12-23-25(19)13-15)22(26)24-9-8-17(14-24)10-16-5-7-20(27-2)21(11-16)28-3/h4-7,11-13,17H,8-10,14H2,1-3H3. The van der Waals surface area contributed by atoms with Crippen molar-refractivity contribution in [2.45, 2.75) is 19.8 Å². The van der Waals surface area contributed by atoms with E-state index in [4.69, 9.17) is 9.47 Å². The summed E-state index contributed by atoms with van der Waals surface area (Å²) in [6, 6.07) is 10.0. The molecule has 1 amide bonds. The molecule has 1 saturated heterocycles. The number of hydrogen-bond acceptors (Lipinski definition) is 4. The van der Waals surface area contributed by atoms with E-state index >= 15 is 0 Å². The summed E-state index contributed by atoms with van der Waals surface area (Å²) in [5.41, 5.74) is 3.85. The molecule has 0 spiro atoms. The summed E-state index contributed by atoms with van der Waals surface area (Å²) in [5.74, 6) is 1.98. The zero-order valence-corrected chi connectivity index (χ0v) is 16.5. The van der Waals surface area contributed by atoms with Crippen LogP contribution in [0.1, 0.15) is 27.9 Å². The fourth-order valence-electron chi connectivity index (χ4n) is 3.95. The summed E-state index contributed by atoms with van der Waals surface area (Å²) in [6.07, 6.45) is 5.53. The third kappa shape index (κ3) is 3.42. The molecule has 1 unspecified atom stereocenters. The number of rotatable bonds is 5. The quantitative estimate of drug-likeness (QED) is 0.682. The Kier molecular flexibility index (Phi) is 4.94. The highest BCUT2D eigenvalue weighted by Crippen LogP contribution is 2.30. The molecule has 0 bridgehead atoms. The molecule has 0 radical (unpaired) electrons. The van der Waals surface area contributed by atoms with Gasteiger partial charge < -0.3 is 14.4 Å². The molecule has 1 aliphatic rings. The summed E-state index contributed by atoms with van der Waals surface area (Å²) in [5, 5.41) is 4.34. The van der Waals surface area contributed by atoms with Gasteiger partial charge in [0.15, 0.2) is 11.5 Å². The summed E-state index contributed by atoms with van der Waals surface area (Å²) in [7, 11) is 3.29. The molecule has 28 heavy (non-hydrogen) atoms. The lowest BCUT2D eigenvalue weighted by molar-refractivity contribution is 0.0789. The van der Waals surface area contributed by atoms with Crippen molar-refractivity contribution in [3.05, 3.63) is 59.4 Å². The molecular weight excluding hydrogens is 354 g/mol. The molecule has 4 rings (SSSR count). The van der Waals surface area contributed by atoms with Gasteiger partial charge in [0.2, 0.25) is 0 Å². The van der Waals surface area contributed by atoms with Gasteiger partial charge in [0.1, 0.15) is 0 Å². The maximum atomic E-state index is 13.0. The fourth-order valence-corrected chi connectivity index (χ4v) is 3.95. The van der Waals surface area contributed by atoms with Crippen LogP contribution in [0.25, 0.3) is 5.52 Å². The summed E-state index contributed by atoms with van der Waals surface area (Å²) >= 11 is 0. The van der Waals surface area contributed by atoms with Gasteiger partial charge in [-0.3, -0.25) is 4.79 Å². The monoisotopic (exact) mass is 379 g/mol. The number of benzene rings is 1. The van der Waals surface area contributed by atoms with Crippen molar-refractivity contribution in [2.75, 3.05) is 27.3 Å². The lowest BCUT2D eigenvalue weighted by Gasteiger charge is -2.16. The highest BCUT2D eigenvalue weighted by Gasteiger charge is 2.28. The van der Waals surface area contributed by atoms with Gasteiger partial charge >= 0.3 is 0 Å². The number of carbonyl (C=O) groups is 1. The average Bonchev–Trinajstić information content (AvgIpc) is 3.34. The first-order valence-electron chi connectivity index (χ1n) is 9.53. The number of aromatic nitrogens is 2. The number of methoxy groups -OCH3 is 2. The van der Waals surface area contributed by atoms with E-state index in [9.17, 15) is 4.79 Å². The lowest BCUT2D eigenvalue weighted by atomic mass is 9.98. The molecular formula is C22H25N3O3.